The molecule has 1 heterocycles. The van der Waals surface area contributed by atoms with E-state index in [-0.39, 0.29) is 30.2 Å². The first-order valence-electron chi connectivity index (χ1n) is 11.5. The smallest absolute Gasteiger partial charge is 0.387 e. The molecule has 2 aromatic carbocycles. The van der Waals surface area contributed by atoms with Gasteiger partial charge in [0.25, 0.3) is 0 Å². The van der Waals surface area contributed by atoms with Crippen LogP contribution < -0.4 is 9.47 Å². The molecule has 0 saturated carbocycles. The molecular weight excluding hydrogens is 454 g/mol. The van der Waals surface area contributed by atoms with Crippen LogP contribution in [0.25, 0.3) is 0 Å². The van der Waals surface area contributed by atoms with Crippen LogP contribution in [-0.2, 0) is 12.8 Å². The van der Waals surface area contributed by atoms with Crippen molar-refractivity contribution in [1.29, 1.82) is 0 Å². The van der Waals surface area contributed by atoms with E-state index in [2.05, 4.69) is 14.4 Å². The summed E-state index contributed by atoms with van der Waals surface area (Å²) in [6.07, 6.45) is 4.26. The molecule has 3 rings (SSSR count). The van der Waals surface area contributed by atoms with E-state index in [0.29, 0.717) is 6.54 Å². The summed E-state index contributed by atoms with van der Waals surface area (Å²) in [5.41, 5.74) is 2.03. The fourth-order valence-corrected chi connectivity index (χ4v) is 4.58. The van der Waals surface area contributed by atoms with E-state index < -0.39 is 19.3 Å². The largest absolute Gasteiger partial charge is 0.435 e. The van der Waals surface area contributed by atoms with Crippen molar-refractivity contribution in [3.05, 3.63) is 59.7 Å². The molecule has 5 nitrogen and oxygen atoms in total. The molecule has 0 bridgehead atoms. The van der Waals surface area contributed by atoms with Crippen molar-refractivity contribution in [2.24, 2.45) is 0 Å². The molecule has 34 heavy (non-hydrogen) atoms. The zero-order valence-electron chi connectivity index (χ0n) is 18.8. The SMILES string of the molecule is OC[C@H](O)CN1C(CCc2ccc(OC(F)F)cc2)CCC1CCc1ccc(OC(F)F)cc1. The molecule has 0 aliphatic carbocycles. The van der Waals surface area contributed by atoms with Crippen molar-refractivity contribution in [1.82, 2.24) is 4.90 Å². The Kier molecular flexibility index (Phi) is 9.98. The summed E-state index contributed by atoms with van der Waals surface area (Å²) < 4.78 is 58.1. The van der Waals surface area contributed by atoms with Gasteiger partial charge in [-0.15, -0.1) is 0 Å². The molecule has 2 N–H and O–H groups in total. The van der Waals surface area contributed by atoms with Gasteiger partial charge < -0.3 is 19.7 Å². The van der Waals surface area contributed by atoms with Gasteiger partial charge in [-0.25, -0.2) is 0 Å². The Hall–Kier alpha value is -2.36. The standard InChI is InChI=1S/C25H31F4NO4/c26-24(27)33-22-11-3-17(4-12-22)1-7-19-9-10-20(30(19)15-21(32)16-31)8-2-18-5-13-23(14-6-18)34-25(28)29/h3-6,11-14,19-21,24-25,31-32H,1-2,7-10,15-16H2/t19?,20?,21-/m1/s1. The van der Waals surface area contributed by atoms with Gasteiger partial charge in [0, 0.05) is 18.6 Å². The first kappa shape index (κ1) is 26.2. The molecule has 1 aliphatic rings. The third-order valence-corrected chi connectivity index (χ3v) is 6.23. The maximum absolute atomic E-state index is 12.3. The quantitative estimate of drug-likeness (QED) is 0.405. The molecule has 3 atom stereocenters. The molecule has 2 aromatic rings. The number of hydrogen-bond donors (Lipinski definition) is 2. The van der Waals surface area contributed by atoms with E-state index >= 15 is 0 Å². The molecule has 1 aliphatic heterocycles. The molecular formula is C25H31F4NO4. The van der Waals surface area contributed by atoms with Crippen molar-refractivity contribution in [3.8, 4) is 11.5 Å². The second-order valence-corrected chi connectivity index (χ2v) is 8.54. The summed E-state index contributed by atoms with van der Waals surface area (Å²) in [6, 6.07) is 13.7. The minimum absolute atomic E-state index is 0.126. The highest BCUT2D eigenvalue weighted by molar-refractivity contribution is 5.28. The second kappa shape index (κ2) is 12.9. The minimum Gasteiger partial charge on any atom is -0.435 e. The zero-order valence-corrected chi connectivity index (χ0v) is 18.8. The summed E-state index contributed by atoms with van der Waals surface area (Å²) in [6.45, 7) is -5.64. The Morgan fingerprint density at radius 3 is 1.53 bits per heavy atom. The lowest BCUT2D eigenvalue weighted by Crippen LogP contribution is -2.42. The lowest BCUT2D eigenvalue weighted by atomic mass is 10.0. The van der Waals surface area contributed by atoms with Crippen molar-refractivity contribution in [3.63, 3.8) is 0 Å². The van der Waals surface area contributed by atoms with Crippen LogP contribution in [0, 0.1) is 0 Å². The van der Waals surface area contributed by atoms with Crippen LogP contribution in [0.4, 0.5) is 17.6 Å². The number of halogens is 4. The first-order valence-corrected chi connectivity index (χ1v) is 11.5. The summed E-state index contributed by atoms with van der Waals surface area (Å²) in [5, 5.41) is 19.4. The molecule has 9 heteroatoms. The second-order valence-electron chi connectivity index (χ2n) is 8.54. The van der Waals surface area contributed by atoms with Crippen LogP contribution in [0.1, 0.15) is 36.8 Å². The average Bonchev–Trinajstić information content (AvgIpc) is 3.18. The number of β-amino-alcohol motifs (C(OH)–C–C–N with tert-alkyl or cyclic N) is 1. The molecule has 0 amide bonds. The Morgan fingerprint density at radius 1 is 0.765 bits per heavy atom. The van der Waals surface area contributed by atoms with E-state index in [1.165, 1.54) is 24.3 Å². The normalized spacial score (nSPS) is 19.6. The van der Waals surface area contributed by atoms with Crippen LogP contribution in [0.3, 0.4) is 0 Å². The zero-order chi connectivity index (χ0) is 24.5. The van der Waals surface area contributed by atoms with Gasteiger partial charge in [0.1, 0.15) is 11.5 Å². The molecule has 1 saturated heterocycles. The number of likely N-dealkylation sites (tertiary alicyclic amines) is 1. The van der Waals surface area contributed by atoms with Crippen LogP contribution >= 0.6 is 0 Å². The highest BCUT2D eigenvalue weighted by Gasteiger charge is 2.33. The molecule has 0 spiro atoms. The van der Waals surface area contributed by atoms with Crippen molar-refractivity contribution < 1.29 is 37.2 Å². The van der Waals surface area contributed by atoms with Gasteiger partial charge in [-0.2, -0.15) is 17.6 Å². The third-order valence-electron chi connectivity index (χ3n) is 6.23. The number of aliphatic hydroxyl groups excluding tert-OH is 2. The fourth-order valence-electron chi connectivity index (χ4n) is 4.58. The topological polar surface area (TPSA) is 62.2 Å². The fraction of sp³-hybridized carbons (Fsp3) is 0.520. The Balaban J connectivity index is 1.55. The lowest BCUT2D eigenvalue weighted by molar-refractivity contribution is -0.0505. The first-order chi connectivity index (χ1) is 16.3. The summed E-state index contributed by atoms with van der Waals surface area (Å²) >= 11 is 0. The Bertz CT molecular complexity index is 785. The van der Waals surface area contributed by atoms with E-state index in [0.717, 1.165) is 49.7 Å². The van der Waals surface area contributed by atoms with Crippen LogP contribution in [0.15, 0.2) is 48.5 Å². The lowest BCUT2D eigenvalue weighted by Gasteiger charge is -2.32. The summed E-state index contributed by atoms with van der Waals surface area (Å²) in [4.78, 5) is 2.25. The predicted molar refractivity (Wildman–Crippen MR) is 119 cm³/mol. The van der Waals surface area contributed by atoms with Crippen LogP contribution in [0.5, 0.6) is 11.5 Å². The number of aryl methyl sites for hydroxylation is 2. The van der Waals surface area contributed by atoms with Crippen LogP contribution in [-0.4, -0.2) is 59.7 Å². The van der Waals surface area contributed by atoms with Gasteiger partial charge in [0.2, 0.25) is 0 Å². The van der Waals surface area contributed by atoms with E-state index in [9.17, 15) is 27.8 Å². The van der Waals surface area contributed by atoms with Gasteiger partial charge in [-0.05, 0) is 73.9 Å². The summed E-state index contributed by atoms with van der Waals surface area (Å²) in [7, 11) is 0. The maximum atomic E-state index is 12.3. The predicted octanol–water partition coefficient (Wildman–Crippen LogP) is 4.64. The van der Waals surface area contributed by atoms with Gasteiger partial charge >= 0.3 is 13.2 Å². The van der Waals surface area contributed by atoms with Gasteiger partial charge in [0.15, 0.2) is 0 Å². The molecule has 2 unspecified atom stereocenters. The number of nitrogens with zero attached hydrogens (tertiary/aromatic N) is 1. The molecule has 1 fully saturated rings. The number of alkyl halides is 4. The van der Waals surface area contributed by atoms with Gasteiger partial charge in [0.05, 0.1) is 12.7 Å². The Morgan fingerprint density at radius 2 is 1.18 bits per heavy atom. The number of aliphatic hydroxyl groups is 2. The molecule has 0 aromatic heterocycles. The van der Waals surface area contributed by atoms with E-state index in [1.807, 2.05) is 0 Å². The number of ether oxygens (including phenoxy) is 2. The highest BCUT2D eigenvalue weighted by atomic mass is 19.3. The average molecular weight is 486 g/mol. The third kappa shape index (κ3) is 8.14. The minimum atomic E-state index is -2.85. The number of rotatable bonds is 13. The van der Waals surface area contributed by atoms with Crippen LogP contribution in [0.2, 0.25) is 0 Å². The van der Waals surface area contributed by atoms with Gasteiger partial charge in [-0.1, -0.05) is 24.3 Å². The van der Waals surface area contributed by atoms with Gasteiger partial charge in [-0.3, -0.25) is 4.90 Å². The monoisotopic (exact) mass is 485 g/mol. The van der Waals surface area contributed by atoms with E-state index in [4.69, 9.17) is 0 Å². The molecule has 0 radical (unpaired) electrons. The highest BCUT2D eigenvalue weighted by Crippen LogP contribution is 2.31. The summed E-state index contributed by atoms with van der Waals surface area (Å²) in [5.74, 6) is 0.252. The van der Waals surface area contributed by atoms with E-state index in [1.54, 1.807) is 24.3 Å². The van der Waals surface area contributed by atoms with Crippen molar-refractivity contribution in [2.75, 3.05) is 13.2 Å². The number of benzene rings is 2. The Labute approximate surface area is 196 Å². The van der Waals surface area contributed by atoms with Crippen molar-refractivity contribution >= 4 is 0 Å². The van der Waals surface area contributed by atoms with Crippen molar-refractivity contribution in [2.45, 2.75) is 69.9 Å². The maximum Gasteiger partial charge on any atom is 0.387 e. The molecule has 188 valence electrons. The number of hydrogen-bond acceptors (Lipinski definition) is 5.